The number of carbonyl (C=O) groups excluding carboxylic acids is 1. The second-order valence-corrected chi connectivity index (χ2v) is 11.6. The number of thioether (sulfide) groups is 1. The number of hydrogen-bond donors (Lipinski definition) is 1. The molecule has 188 valence electrons. The van der Waals surface area contributed by atoms with E-state index in [1.54, 1.807) is 4.57 Å². The maximum absolute atomic E-state index is 13.8. The minimum absolute atomic E-state index is 0.0429. The average molecular weight is 530 g/mol. The van der Waals surface area contributed by atoms with Gasteiger partial charge in [-0.1, -0.05) is 62.9 Å². The molecule has 5 aromatic rings. The van der Waals surface area contributed by atoms with E-state index in [-0.39, 0.29) is 22.6 Å². The first kappa shape index (κ1) is 25.0. The van der Waals surface area contributed by atoms with Crippen LogP contribution in [-0.4, -0.2) is 21.2 Å². The first-order valence-electron chi connectivity index (χ1n) is 11.9. The van der Waals surface area contributed by atoms with Gasteiger partial charge in [0.25, 0.3) is 5.56 Å². The van der Waals surface area contributed by atoms with Crippen molar-refractivity contribution in [3.8, 4) is 17.0 Å². The van der Waals surface area contributed by atoms with E-state index >= 15 is 0 Å². The molecule has 1 N–H and O–H groups in total. The number of aromatic nitrogens is 2. The van der Waals surface area contributed by atoms with E-state index in [1.165, 1.54) is 28.7 Å². The van der Waals surface area contributed by atoms with Gasteiger partial charge in [0.15, 0.2) is 5.16 Å². The molecule has 37 heavy (non-hydrogen) atoms. The molecule has 0 spiro atoms. The van der Waals surface area contributed by atoms with Crippen LogP contribution in [-0.2, 0) is 10.2 Å². The van der Waals surface area contributed by atoms with Crippen molar-refractivity contribution in [2.75, 3.05) is 11.1 Å². The number of rotatable bonds is 6. The lowest BCUT2D eigenvalue weighted by atomic mass is 9.87. The van der Waals surface area contributed by atoms with Gasteiger partial charge in [-0.25, -0.2) is 4.98 Å². The highest BCUT2D eigenvalue weighted by Gasteiger charge is 2.21. The van der Waals surface area contributed by atoms with Crippen molar-refractivity contribution >= 4 is 44.9 Å². The van der Waals surface area contributed by atoms with Crippen molar-refractivity contribution in [1.82, 2.24) is 9.55 Å². The van der Waals surface area contributed by atoms with E-state index < -0.39 is 0 Å². The Hall–Kier alpha value is -3.62. The lowest BCUT2D eigenvalue weighted by Crippen LogP contribution is -2.22. The number of thiophene rings is 1. The molecule has 8 heteroatoms. The van der Waals surface area contributed by atoms with Crippen LogP contribution in [0.2, 0.25) is 0 Å². The number of para-hydroxylation sites is 1. The standard InChI is InChI=1S/C29H27N3O3S2/c1-18-10-15-23(35-18)22-16-36-26-25(22)27(34)32(21-8-6-5-7-9-21)28(31-26)37-17-24(33)30-20-13-11-19(12-14-20)29(2,3)4/h5-16H,17H2,1-4H3,(H,30,33). The number of anilines is 1. The molecule has 0 atom stereocenters. The predicted molar refractivity (Wildman–Crippen MR) is 152 cm³/mol. The third-order valence-corrected chi connectivity index (χ3v) is 7.78. The van der Waals surface area contributed by atoms with E-state index in [0.29, 0.717) is 26.8 Å². The third kappa shape index (κ3) is 5.26. The number of carbonyl (C=O) groups is 1. The van der Waals surface area contributed by atoms with Crippen molar-refractivity contribution in [1.29, 1.82) is 0 Å². The molecule has 0 aliphatic heterocycles. The highest BCUT2D eigenvalue weighted by molar-refractivity contribution is 7.99. The number of aryl methyl sites for hydroxylation is 1. The summed E-state index contributed by atoms with van der Waals surface area (Å²) in [6.45, 7) is 8.33. The summed E-state index contributed by atoms with van der Waals surface area (Å²) in [6.07, 6.45) is 0. The largest absolute Gasteiger partial charge is 0.461 e. The number of amides is 1. The van der Waals surface area contributed by atoms with Gasteiger partial charge in [-0.05, 0) is 54.3 Å². The molecule has 0 saturated heterocycles. The summed E-state index contributed by atoms with van der Waals surface area (Å²) in [4.78, 5) is 32.1. The van der Waals surface area contributed by atoms with E-state index in [4.69, 9.17) is 9.40 Å². The summed E-state index contributed by atoms with van der Waals surface area (Å²) < 4.78 is 7.37. The first-order valence-corrected chi connectivity index (χ1v) is 13.8. The predicted octanol–water partition coefficient (Wildman–Crippen LogP) is 7.04. The molecule has 0 aliphatic rings. The van der Waals surface area contributed by atoms with Crippen LogP contribution in [0.1, 0.15) is 32.1 Å². The maximum Gasteiger partial charge on any atom is 0.268 e. The first-order chi connectivity index (χ1) is 17.7. The van der Waals surface area contributed by atoms with Gasteiger partial charge in [0.1, 0.15) is 16.4 Å². The SMILES string of the molecule is Cc1ccc(-c2csc3nc(SCC(=O)Nc4ccc(C(C)(C)C)cc4)n(-c4ccccc4)c(=O)c23)o1. The third-order valence-electron chi connectivity index (χ3n) is 5.96. The number of furan rings is 1. The molecule has 2 aromatic carbocycles. The van der Waals surface area contributed by atoms with Crippen LogP contribution in [0.15, 0.2) is 86.5 Å². The minimum Gasteiger partial charge on any atom is -0.461 e. The van der Waals surface area contributed by atoms with Crippen LogP contribution in [0, 0.1) is 6.92 Å². The number of benzene rings is 2. The molecule has 3 heterocycles. The molecule has 1 amide bonds. The summed E-state index contributed by atoms with van der Waals surface area (Å²) >= 11 is 2.63. The average Bonchev–Trinajstić information content (AvgIpc) is 3.49. The summed E-state index contributed by atoms with van der Waals surface area (Å²) in [5.41, 5.74) is 3.20. The van der Waals surface area contributed by atoms with Crippen LogP contribution in [0.5, 0.6) is 0 Å². The molecule has 0 saturated carbocycles. The van der Waals surface area contributed by atoms with E-state index in [9.17, 15) is 9.59 Å². The van der Waals surface area contributed by atoms with Crippen molar-refractivity contribution in [2.24, 2.45) is 0 Å². The topological polar surface area (TPSA) is 77.1 Å². The van der Waals surface area contributed by atoms with Gasteiger partial charge in [-0.3, -0.25) is 14.2 Å². The monoisotopic (exact) mass is 529 g/mol. The maximum atomic E-state index is 13.8. The fraction of sp³-hybridized carbons (Fsp3) is 0.207. The molecule has 3 aromatic heterocycles. The zero-order chi connectivity index (χ0) is 26.2. The second-order valence-electron chi connectivity index (χ2n) is 9.77. The zero-order valence-electron chi connectivity index (χ0n) is 21.1. The lowest BCUT2D eigenvalue weighted by molar-refractivity contribution is -0.113. The fourth-order valence-electron chi connectivity index (χ4n) is 4.02. The molecule has 6 nitrogen and oxygen atoms in total. The summed E-state index contributed by atoms with van der Waals surface area (Å²) in [7, 11) is 0. The van der Waals surface area contributed by atoms with Gasteiger partial charge in [0.2, 0.25) is 5.91 Å². The fourth-order valence-corrected chi connectivity index (χ4v) is 5.80. The molecule has 5 rings (SSSR count). The van der Waals surface area contributed by atoms with Gasteiger partial charge in [-0.2, -0.15) is 0 Å². The Labute approximate surface area is 223 Å². The highest BCUT2D eigenvalue weighted by atomic mass is 32.2. The molecule has 0 bridgehead atoms. The summed E-state index contributed by atoms with van der Waals surface area (Å²) in [6, 6.07) is 21.0. The molecule has 0 fully saturated rings. The Bertz CT molecular complexity index is 1630. The van der Waals surface area contributed by atoms with Crippen molar-refractivity contribution in [3.05, 3.63) is 93.8 Å². The van der Waals surface area contributed by atoms with Gasteiger partial charge in [0.05, 0.1) is 16.8 Å². The van der Waals surface area contributed by atoms with E-state index in [1.807, 2.05) is 79.0 Å². The second kappa shape index (κ2) is 10.0. The smallest absolute Gasteiger partial charge is 0.268 e. The number of hydrogen-bond acceptors (Lipinski definition) is 6. The molecular weight excluding hydrogens is 502 g/mol. The normalized spacial score (nSPS) is 11.7. The Morgan fingerprint density at radius 3 is 2.43 bits per heavy atom. The Morgan fingerprint density at radius 1 is 1.05 bits per heavy atom. The Balaban J connectivity index is 1.45. The van der Waals surface area contributed by atoms with Gasteiger partial charge >= 0.3 is 0 Å². The van der Waals surface area contributed by atoms with Gasteiger partial charge in [0, 0.05) is 16.6 Å². The van der Waals surface area contributed by atoms with E-state index in [0.717, 1.165) is 17.0 Å². The highest BCUT2D eigenvalue weighted by Crippen LogP contribution is 2.34. The number of nitrogens with one attached hydrogen (secondary N) is 1. The lowest BCUT2D eigenvalue weighted by Gasteiger charge is -2.19. The summed E-state index contributed by atoms with van der Waals surface area (Å²) in [5.74, 6) is 1.36. The van der Waals surface area contributed by atoms with Crippen LogP contribution in [0.3, 0.4) is 0 Å². The van der Waals surface area contributed by atoms with Crippen molar-refractivity contribution < 1.29 is 9.21 Å². The molecule has 0 radical (unpaired) electrons. The Morgan fingerprint density at radius 2 is 1.78 bits per heavy atom. The summed E-state index contributed by atoms with van der Waals surface area (Å²) in [5, 5.41) is 5.82. The van der Waals surface area contributed by atoms with Crippen molar-refractivity contribution in [2.45, 2.75) is 38.3 Å². The van der Waals surface area contributed by atoms with Crippen LogP contribution in [0.4, 0.5) is 5.69 Å². The Kier molecular flexibility index (Phi) is 6.79. The number of fused-ring (bicyclic) bond motifs is 1. The zero-order valence-corrected chi connectivity index (χ0v) is 22.7. The molecule has 0 aliphatic carbocycles. The van der Waals surface area contributed by atoms with Crippen LogP contribution >= 0.6 is 23.1 Å². The molecular formula is C29H27N3O3S2. The van der Waals surface area contributed by atoms with Gasteiger partial charge < -0.3 is 9.73 Å². The van der Waals surface area contributed by atoms with Crippen LogP contribution < -0.4 is 10.9 Å². The molecule has 0 unspecified atom stereocenters. The minimum atomic E-state index is -0.192. The van der Waals surface area contributed by atoms with Crippen LogP contribution in [0.25, 0.3) is 27.2 Å². The van der Waals surface area contributed by atoms with Crippen molar-refractivity contribution in [3.63, 3.8) is 0 Å². The van der Waals surface area contributed by atoms with Gasteiger partial charge in [-0.15, -0.1) is 11.3 Å². The van der Waals surface area contributed by atoms with E-state index in [2.05, 4.69) is 26.1 Å². The quantitative estimate of drug-likeness (QED) is 0.188. The number of nitrogens with zero attached hydrogens (tertiary/aromatic N) is 2.